The Hall–Kier alpha value is -0.620. The van der Waals surface area contributed by atoms with Crippen molar-refractivity contribution < 1.29 is 9.90 Å². The van der Waals surface area contributed by atoms with E-state index in [9.17, 15) is 9.90 Å². The average Bonchev–Trinajstić information content (AvgIpc) is 2.33. The number of aliphatic carboxylic acids is 1. The molecule has 1 unspecified atom stereocenters. The Balaban J connectivity index is 2.17. The van der Waals surface area contributed by atoms with Crippen molar-refractivity contribution in [3.05, 3.63) is 33.4 Å². The van der Waals surface area contributed by atoms with Crippen LogP contribution in [0.25, 0.3) is 0 Å². The van der Waals surface area contributed by atoms with E-state index in [-0.39, 0.29) is 0 Å². The third-order valence-corrected chi connectivity index (χ3v) is 4.10. The van der Waals surface area contributed by atoms with Gasteiger partial charge in [0.1, 0.15) is 0 Å². The smallest absolute Gasteiger partial charge is 0.311 e. The molecule has 1 atom stereocenters. The first kappa shape index (κ1) is 12.8. The maximum Gasteiger partial charge on any atom is 0.311 e. The second-order valence-electron chi connectivity index (χ2n) is 4.67. The molecule has 0 amide bonds. The maximum absolute atomic E-state index is 11.5. The van der Waals surface area contributed by atoms with Crippen LogP contribution in [0.3, 0.4) is 0 Å². The second-order valence-corrected chi connectivity index (χ2v) is 5.91. The van der Waals surface area contributed by atoms with Crippen LogP contribution < -0.4 is 5.32 Å². The van der Waals surface area contributed by atoms with Crippen molar-refractivity contribution >= 4 is 28.6 Å². The van der Waals surface area contributed by atoms with E-state index >= 15 is 0 Å². The monoisotopic (exact) mass is 345 g/mol. The molecule has 1 aliphatic heterocycles. The van der Waals surface area contributed by atoms with Gasteiger partial charge in [0.05, 0.1) is 5.41 Å². The first-order valence-electron chi connectivity index (χ1n) is 5.81. The first-order chi connectivity index (χ1) is 8.12. The summed E-state index contributed by atoms with van der Waals surface area (Å²) < 4.78 is 1.18. The number of benzene rings is 1. The van der Waals surface area contributed by atoms with Crippen LogP contribution in [0.2, 0.25) is 0 Å². The largest absolute Gasteiger partial charge is 0.481 e. The highest BCUT2D eigenvalue weighted by Gasteiger charge is 2.39. The lowest BCUT2D eigenvalue weighted by atomic mass is 9.76. The van der Waals surface area contributed by atoms with Gasteiger partial charge in [-0.1, -0.05) is 12.1 Å². The molecule has 1 heterocycles. The minimum Gasteiger partial charge on any atom is -0.481 e. The van der Waals surface area contributed by atoms with E-state index in [2.05, 4.69) is 27.9 Å². The molecule has 4 heteroatoms. The van der Waals surface area contributed by atoms with Crippen molar-refractivity contribution in [1.29, 1.82) is 0 Å². The third-order valence-electron chi connectivity index (χ3n) is 3.38. The topological polar surface area (TPSA) is 49.3 Å². The molecule has 2 N–H and O–H groups in total. The summed E-state index contributed by atoms with van der Waals surface area (Å²) in [7, 11) is 0. The Labute approximate surface area is 115 Å². The molecule has 0 aromatic heterocycles. The van der Waals surface area contributed by atoms with Gasteiger partial charge < -0.3 is 10.4 Å². The molecule has 0 bridgehead atoms. The molecular weight excluding hydrogens is 329 g/mol. The number of carbonyl (C=O) groups is 1. The van der Waals surface area contributed by atoms with Gasteiger partial charge in [-0.25, -0.2) is 0 Å². The summed E-state index contributed by atoms with van der Waals surface area (Å²) in [6, 6.07) is 8.12. The number of carboxylic acids is 1. The molecule has 1 aliphatic rings. The normalized spacial score (nSPS) is 24.5. The Morgan fingerprint density at radius 3 is 2.65 bits per heavy atom. The molecule has 0 radical (unpaired) electrons. The number of halogens is 1. The van der Waals surface area contributed by atoms with E-state index in [1.54, 1.807) is 0 Å². The molecule has 0 spiro atoms. The van der Waals surface area contributed by atoms with E-state index in [1.807, 2.05) is 24.3 Å². The third kappa shape index (κ3) is 2.98. The van der Waals surface area contributed by atoms with Crippen LogP contribution in [0.4, 0.5) is 0 Å². The molecule has 1 aromatic carbocycles. The summed E-state index contributed by atoms with van der Waals surface area (Å²) in [6.45, 7) is 1.51. The van der Waals surface area contributed by atoms with Gasteiger partial charge in [-0.3, -0.25) is 4.79 Å². The van der Waals surface area contributed by atoms with Crippen LogP contribution in [0.5, 0.6) is 0 Å². The van der Waals surface area contributed by atoms with Crippen molar-refractivity contribution in [2.75, 3.05) is 13.1 Å². The summed E-state index contributed by atoms with van der Waals surface area (Å²) in [6.07, 6.45) is 2.32. The van der Waals surface area contributed by atoms with Crippen LogP contribution in [0, 0.1) is 8.99 Å². The highest BCUT2D eigenvalue weighted by Crippen LogP contribution is 2.31. The number of carboxylic acid groups (broad SMARTS) is 1. The summed E-state index contributed by atoms with van der Waals surface area (Å²) in [5, 5.41) is 12.7. The number of hydrogen-bond donors (Lipinski definition) is 2. The summed E-state index contributed by atoms with van der Waals surface area (Å²) >= 11 is 2.26. The van der Waals surface area contributed by atoms with E-state index in [1.165, 1.54) is 3.57 Å². The Morgan fingerprint density at radius 1 is 1.41 bits per heavy atom. The van der Waals surface area contributed by atoms with Gasteiger partial charge in [-0.2, -0.15) is 0 Å². The van der Waals surface area contributed by atoms with Gasteiger partial charge in [0, 0.05) is 10.1 Å². The summed E-state index contributed by atoms with van der Waals surface area (Å²) in [4.78, 5) is 11.5. The van der Waals surface area contributed by atoms with Crippen molar-refractivity contribution in [3.63, 3.8) is 0 Å². The Kier molecular flexibility index (Phi) is 4.04. The number of nitrogens with one attached hydrogen (secondary N) is 1. The van der Waals surface area contributed by atoms with Gasteiger partial charge in [0.25, 0.3) is 0 Å². The SMILES string of the molecule is O=C(O)C1(Cc2ccc(I)cc2)CCCNC1. The van der Waals surface area contributed by atoms with Gasteiger partial charge in [0.15, 0.2) is 0 Å². The fourth-order valence-electron chi connectivity index (χ4n) is 2.37. The fourth-order valence-corrected chi connectivity index (χ4v) is 2.73. The molecule has 0 aliphatic carbocycles. The molecule has 17 heavy (non-hydrogen) atoms. The van der Waals surface area contributed by atoms with Gasteiger partial charge in [-0.05, 0) is 66.1 Å². The lowest BCUT2D eigenvalue weighted by Crippen LogP contribution is -2.47. The van der Waals surface area contributed by atoms with Gasteiger partial charge >= 0.3 is 5.97 Å². The van der Waals surface area contributed by atoms with Crippen LogP contribution >= 0.6 is 22.6 Å². The summed E-state index contributed by atoms with van der Waals surface area (Å²) in [5.41, 5.74) is 0.488. The second kappa shape index (κ2) is 5.35. The van der Waals surface area contributed by atoms with Gasteiger partial charge in [0.2, 0.25) is 0 Å². The first-order valence-corrected chi connectivity index (χ1v) is 6.89. The quantitative estimate of drug-likeness (QED) is 0.827. The minimum absolute atomic E-state index is 0.578. The molecule has 0 saturated carbocycles. The molecule has 3 nitrogen and oxygen atoms in total. The highest BCUT2D eigenvalue weighted by atomic mass is 127. The predicted molar refractivity (Wildman–Crippen MR) is 75.0 cm³/mol. The fraction of sp³-hybridized carbons (Fsp3) is 0.462. The number of hydrogen-bond acceptors (Lipinski definition) is 2. The zero-order valence-electron chi connectivity index (χ0n) is 9.58. The molecule has 92 valence electrons. The van der Waals surface area contributed by atoms with Crippen LogP contribution in [0.1, 0.15) is 18.4 Å². The molecule has 1 saturated heterocycles. The molecular formula is C13H16INO2. The van der Waals surface area contributed by atoms with Crippen molar-refractivity contribution in [2.24, 2.45) is 5.41 Å². The minimum atomic E-state index is -0.678. The van der Waals surface area contributed by atoms with Crippen LogP contribution in [0.15, 0.2) is 24.3 Å². The standard InChI is InChI=1S/C13H16INO2/c14-11-4-2-10(3-5-11)8-13(12(16)17)6-1-7-15-9-13/h2-5,15H,1,6-9H2,(H,16,17). The predicted octanol–water partition coefficient (Wildman–Crippen LogP) is 2.29. The lowest BCUT2D eigenvalue weighted by molar-refractivity contribution is -0.150. The van der Waals surface area contributed by atoms with Crippen LogP contribution in [-0.4, -0.2) is 24.2 Å². The van der Waals surface area contributed by atoms with E-state index in [0.717, 1.165) is 24.9 Å². The average molecular weight is 345 g/mol. The number of piperidine rings is 1. The molecule has 1 aromatic rings. The van der Waals surface area contributed by atoms with Crippen molar-refractivity contribution in [2.45, 2.75) is 19.3 Å². The van der Waals surface area contributed by atoms with Crippen LogP contribution in [-0.2, 0) is 11.2 Å². The molecule has 2 rings (SSSR count). The van der Waals surface area contributed by atoms with Gasteiger partial charge in [-0.15, -0.1) is 0 Å². The molecule has 1 fully saturated rings. The lowest BCUT2D eigenvalue weighted by Gasteiger charge is -2.33. The zero-order valence-corrected chi connectivity index (χ0v) is 11.7. The Morgan fingerprint density at radius 2 is 2.12 bits per heavy atom. The van der Waals surface area contributed by atoms with Crippen molar-refractivity contribution in [1.82, 2.24) is 5.32 Å². The van der Waals surface area contributed by atoms with E-state index in [4.69, 9.17) is 0 Å². The summed E-state index contributed by atoms with van der Waals surface area (Å²) in [5.74, 6) is -0.678. The van der Waals surface area contributed by atoms with E-state index in [0.29, 0.717) is 13.0 Å². The van der Waals surface area contributed by atoms with Crippen molar-refractivity contribution in [3.8, 4) is 0 Å². The highest BCUT2D eigenvalue weighted by molar-refractivity contribution is 14.1. The number of rotatable bonds is 3. The maximum atomic E-state index is 11.5. The zero-order chi connectivity index (χ0) is 12.3. The Bertz CT molecular complexity index is 396. The van der Waals surface area contributed by atoms with E-state index < -0.39 is 11.4 Å².